The van der Waals surface area contributed by atoms with Crippen LogP contribution in [0.15, 0.2) is 23.1 Å². The van der Waals surface area contributed by atoms with Gasteiger partial charge in [-0.15, -0.1) is 0 Å². The van der Waals surface area contributed by atoms with Crippen LogP contribution in [0.5, 0.6) is 0 Å². The lowest BCUT2D eigenvalue weighted by Gasteiger charge is -2.31. The molecule has 0 aromatic heterocycles. The molecule has 0 spiro atoms. The summed E-state index contributed by atoms with van der Waals surface area (Å²) in [7, 11) is -3.79. The smallest absolute Gasteiger partial charge is 0.241 e. The van der Waals surface area contributed by atoms with E-state index in [4.69, 9.17) is 5.73 Å². The monoisotopic (exact) mass is 302 g/mol. The van der Waals surface area contributed by atoms with Crippen LogP contribution in [0.4, 0.5) is 4.39 Å². The molecule has 6 heteroatoms. The second kappa shape index (κ2) is 6.65. The minimum atomic E-state index is -3.79. The largest absolute Gasteiger partial charge is 0.326 e. The topological polar surface area (TPSA) is 72.2 Å². The van der Waals surface area contributed by atoms with E-state index >= 15 is 0 Å². The van der Waals surface area contributed by atoms with E-state index in [2.05, 4.69) is 4.72 Å². The quantitative estimate of drug-likeness (QED) is 0.813. The number of nitrogens with one attached hydrogen (secondary N) is 1. The third kappa shape index (κ3) is 3.37. The van der Waals surface area contributed by atoms with Gasteiger partial charge in [-0.25, -0.2) is 17.5 Å². The van der Waals surface area contributed by atoms with Gasteiger partial charge in [-0.05, 0) is 31.4 Å². The highest BCUT2D eigenvalue weighted by molar-refractivity contribution is 7.89. The Balaban J connectivity index is 3.28. The highest BCUT2D eigenvalue weighted by Gasteiger charge is 2.31. The zero-order valence-corrected chi connectivity index (χ0v) is 13.1. The van der Waals surface area contributed by atoms with Crippen molar-refractivity contribution in [3.05, 3.63) is 29.6 Å². The molecular formula is C14H23FN2O2S. The normalized spacial score (nSPS) is 12.7. The van der Waals surface area contributed by atoms with Crippen LogP contribution in [-0.2, 0) is 16.6 Å². The maximum absolute atomic E-state index is 13.7. The highest BCUT2D eigenvalue weighted by atomic mass is 32.2. The van der Waals surface area contributed by atoms with Crippen molar-refractivity contribution in [1.82, 2.24) is 4.72 Å². The molecule has 0 aliphatic heterocycles. The highest BCUT2D eigenvalue weighted by Crippen LogP contribution is 2.25. The third-order valence-electron chi connectivity index (χ3n) is 3.95. The van der Waals surface area contributed by atoms with Crippen molar-refractivity contribution in [2.45, 2.75) is 57.0 Å². The molecule has 0 bridgehead atoms. The van der Waals surface area contributed by atoms with Gasteiger partial charge in [0, 0.05) is 17.6 Å². The van der Waals surface area contributed by atoms with Gasteiger partial charge in [0.1, 0.15) is 5.82 Å². The molecule has 0 saturated heterocycles. The molecule has 0 amide bonds. The van der Waals surface area contributed by atoms with E-state index in [1.807, 2.05) is 20.8 Å². The van der Waals surface area contributed by atoms with Crippen LogP contribution in [-0.4, -0.2) is 14.0 Å². The number of nitrogens with two attached hydrogens (primary N) is 1. The van der Waals surface area contributed by atoms with Crippen LogP contribution in [0.25, 0.3) is 0 Å². The van der Waals surface area contributed by atoms with Crippen LogP contribution in [0.2, 0.25) is 0 Å². The van der Waals surface area contributed by atoms with Crippen molar-refractivity contribution in [2.24, 2.45) is 5.73 Å². The number of hydrogen-bond donors (Lipinski definition) is 2. The van der Waals surface area contributed by atoms with Crippen molar-refractivity contribution < 1.29 is 12.8 Å². The molecule has 20 heavy (non-hydrogen) atoms. The second-order valence-electron chi connectivity index (χ2n) is 4.87. The van der Waals surface area contributed by atoms with Gasteiger partial charge in [0.05, 0.1) is 4.90 Å². The predicted octanol–water partition coefficient (Wildman–Crippen LogP) is 2.53. The Morgan fingerprint density at radius 1 is 1.20 bits per heavy atom. The van der Waals surface area contributed by atoms with Gasteiger partial charge in [0.15, 0.2) is 0 Å². The average molecular weight is 302 g/mol. The van der Waals surface area contributed by atoms with Crippen molar-refractivity contribution in [2.75, 3.05) is 0 Å². The van der Waals surface area contributed by atoms with Crippen LogP contribution in [0.1, 0.15) is 45.6 Å². The Kier molecular flexibility index (Phi) is 5.68. The molecule has 0 unspecified atom stereocenters. The van der Waals surface area contributed by atoms with Gasteiger partial charge in [0.25, 0.3) is 0 Å². The molecule has 1 aromatic rings. The molecule has 0 aliphatic carbocycles. The first kappa shape index (κ1) is 17.1. The summed E-state index contributed by atoms with van der Waals surface area (Å²) in [5, 5.41) is 0. The molecular weight excluding hydrogens is 279 g/mol. The van der Waals surface area contributed by atoms with Crippen LogP contribution in [0, 0.1) is 5.82 Å². The van der Waals surface area contributed by atoms with E-state index in [0.29, 0.717) is 19.3 Å². The molecule has 0 radical (unpaired) electrons. The molecule has 0 heterocycles. The maximum atomic E-state index is 13.7. The lowest BCUT2D eigenvalue weighted by molar-refractivity contribution is 0.341. The third-order valence-corrected chi connectivity index (χ3v) is 5.61. The molecule has 0 aliphatic rings. The summed E-state index contributed by atoms with van der Waals surface area (Å²) in [6, 6.07) is 3.99. The lowest BCUT2D eigenvalue weighted by atomic mass is 9.91. The molecule has 0 atom stereocenters. The number of benzene rings is 1. The number of rotatable bonds is 7. The molecule has 0 saturated carbocycles. The Hall–Kier alpha value is -0.980. The average Bonchev–Trinajstić information content (AvgIpc) is 2.44. The van der Waals surface area contributed by atoms with Crippen LogP contribution >= 0.6 is 0 Å². The Morgan fingerprint density at radius 2 is 1.75 bits per heavy atom. The fourth-order valence-corrected chi connectivity index (χ4v) is 4.17. The van der Waals surface area contributed by atoms with Gasteiger partial charge in [-0.1, -0.05) is 26.8 Å². The zero-order valence-electron chi connectivity index (χ0n) is 12.2. The number of halogens is 1. The van der Waals surface area contributed by atoms with Gasteiger partial charge < -0.3 is 5.73 Å². The van der Waals surface area contributed by atoms with Crippen molar-refractivity contribution in [1.29, 1.82) is 0 Å². The summed E-state index contributed by atoms with van der Waals surface area (Å²) < 4.78 is 41.5. The number of hydrogen-bond acceptors (Lipinski definition) is 3. The summed E-state index contributed by atoms with van der Waals surface area (Å²) >= 11 is 0. The first-order valence-corrected chi connectivity index (χ1v) is 8.35. The molecule has 1 rings (SSSR count). The maximum Gasteiger partial charge on any atom is 0.241 e. The fraction of sp³-hybridized carbons (Fsp3) is 0.571. The van der Waals surface area contributed by atoms with E-state index in [9.17, 15) is 12.8 Å². The van der Waals surface area contributed by atoms with Crippen LogP contribution < -0.4 is 10.5 Å². The summed E-state index contributed by atoms with van der Waals surface area (Å²) in [5.74, 6) is -0.592. The SMILES string of the molecule is CCC(CC)(CC)NS(=O)(=O)c1cccc(F)c1CN. The van der Waals surface area contributed by atoms with Gasteiger partial charge in [0.2, 0.25) is 10.0 Å². The van der Waals surface area contributed by atoms with E-state index in [1.165, 1.54) is 18.2 Å². The summed E-state index contributed by atoms with van der Waals surface area (Å²) in [5.41, 5.74) is 5.00. The molecule has 4 nitrogen and oxygen atoms in total. The van der Waals surface area contributed by atoms with Gasteiger partial charge >= 0.3 is 0 Å². The Morgan fingerprint density at radius 3 is 2.20 bits per heavy atom. The first-order valence-electron chi connectivity index (χ1n) is 6.87. The molecule has 3 N–H and O–H groups in total. The van der Waals surface area contributed by atoms with E-state index in [-0.39, 0.29) is 17.0 Å². The minimum absolute atomic E-state index is 0.0252. The summed E-state index contributed by atoms with van der Waals surface area (Å²) in [6.07, 6.45) is 2.02. The Bertz CT molecular complexity index is 546. The van der Waals surface area contributed by atoms with E-state index < -0.39 is 21.4 Å². The predicted molar refractivity (Wildman–Crippen MR) is 78.2 cm³/mol. The first-order chi connectivity index (χ1) is 9.35. The Labute approximate surface area is 120 Å². The fourth-order valence-electron chi connectivity index (χ4n) is 2.30. The van der Waals surface area contributed by atoms with E-state index in [1.54, 1.807) is 0 Å². The number of sulfonamides is 1. The van der Waals surface area contributed by atoms with Gasteiger partial charge in [-0.2, -0.15) is 0 Å². The second-order valence-corrected chi connectivity index (χ2v) is 6.52. The van der Waals surface area contributed by atoms with Crippen LogP contribution in [0.3, 0.4) is 0 Å². The van der Waals surface area contributed by atoms with Crippen molar-refractivity contribution >= 4 is 10.0 Å². The van der Waals surface area contributed by atoms with Gasteiger partial charge in [-0.3, -0.25) is 0 Å². The summed E-state index contributed by atoms with van der Waals surface area (Å²) in [6.45, 7) is 5.65. The molecule has 1 aromatic carbocycles. The van der Waals surface area contributed by atoms with Crippen molar-refractivity contribution in [3.8, 4) is 0 Å². The molecule has 114 valence electrons. The standard InChI is InChI=1S/C14H23FN2O2S/c1-4-14(5-2,6-3)17-20(18,19)13-9-7-8-12(15)11(13)10-16/h7-9,17H,4-6,10,16H2,1-3H3. The lowest BCUT2D eigenvalue weighted by Crippen LogP contribution is -2.47. The van der Waals surface area contributed by atoms with Crippen molar-refractivity contribution in [3.63, 3.8) is 0 Å². The molecule has 0 fully saturated rings. The minimum Gasteiger partial charge on any atom is -0.326 e. The van der Waals surface area contributed by atoms with E-state index in [0.717, 1.165) is 0 Å². The summed E-state index contributed by atoms with van der Waals surface area (Å²) in [4.78, 5) is -0.0697. The zero-order chi connectivity index (χ0) is 15.4.